The number of aliphatic hydroxyl groups excluding tert-OH is 3. The second kappa shape index (κ2) is 7.90. The first-order chi connectivity index (χ1) is 17.1. The minimum Gasteiger partial charge on any atom is -0.438 e. The number of benzene rings is 1. The number of carbonyl (C=O) groups excluding carboxylic acids is 1. The van der Waals surface area contributed by atoms with Crippen molar-refractivity contribution in [3.05, 3.63) is 58.7 Å². The number of rotatable bonds is 3. The Hall–Kier alpha value is -2.19. The molecule has 7 heteroatoms. The smallest absolute Gasteiger partial charge is 0.408 e. The maximum absolute atomic E-state index is 13.2. The fraction of sp³-hybridized carbons (Fsp3) is 0.621. The van der Waals surface area contributed by atoms with Crippen molar-refractivity contribution in [2.75, 3.05) is 6.61 Å². The number of alkyl carbamates (subject to hydrolysis) is 1. The molecular weight excluding hydrogens is 458 g/mol. The van der Waals surface area contributed by atoms with Crippen LogP contribution in [0, 0.1) is 28.6 Å². The van der Waals surface area contributed by atoms with Gasteiger partial charge in [0.1, 0.15) is 11.7 Å². The van der Waals surface area contributed by atoms with Gasteiger partial charge >= 0.3 is 6.09 Å². The minimum absolute atomic E-state index is 0.0441. The van der Waals surface area contributed by atoms with Gasteiger partial charge in [0, 0.05) is 5.92 Å². The molecule has 194 valence electrons. The second-order valence-electron chi connectivity index (χ2n) is 12.3. The van der Waals surface area contributed by atoms with Gasteiger partial charge in [-0.05, 0) is 72.1 Å². The Kier molecular flexibility index (Phi) is 5.31. The molecular formula is C29H37NO6. The van der Waals surface area contributed by atoms with Gasteiger partial charge in [-0.1, -0.05) is 50.3 Å². The van der Waals surface area contributed by atoms with E-state index in [-0.39, 0.29) is 28.9 Å². The van der Waals surface area contributed by atoms with E-state index in [1.54, 1.807) is 13.0 Å². The van der Waals surface area contributed by atoms with Gasteiger partial charge in [-0.25, -0.2) is 4.79 Å². The summed E-state index contributed by atoms with van der Waals surface area (Å²) in [4.78, 5) is 13.2. The van der Waals surface area contributed by atoms with Crippen LogP contribution in [0.4, 0.5) is 4.79 Å². The van der Waals surface area contributed by atoms with Crippen molar-refractivity contribution in [3.63, 3.8) is 0 Å². The van der Waals surface area contributed by atoms with E-state index < -0.39 is 42.0 Å². The van der Waals surface area contributed by atoms with Crippen LogP contribution in [0.25, 0.3) is 0 Å². The zero-order chi connectivity index (χ0) is 25.6. The fourth-order valence-corrected chi connectivity index (χ4v) is 8.49. The van der Waals surface area contributed by atoms with E-state index in [9.17, 15) is 25.2 Å². The highest BCUT2D eigenvalue weighted by molar-refractivity contribution is 5.69. The normalized spacial score (nSPS) is 43.7. The molecule has 5 aliphatic carbocycles. The largest absolute Gasteiger partial charge is 0.438 e. The topological polar surface area (TPSA) is 119 Å². The lowest BCUT2D eigenvalue weighted by atomic mass is 9.62. The van der Waals surface area contributed by atoms with Crippen molar-refractivity contribution >= 4 is 6.09 Å². The number of hydrogen-bond donors (Lipinski definition) is 5. The van der Waals surface area contributed by atoms with Gasteiger partial charge in [0.15, 0.2) is 6.10 Å². The van der Waals surface area contributed by atoms with E-state index in [1.807, 2.05) is 24.3 Å². The molecule has 0 heterocycles. The van der Waals surface area contributed by atoms with Crippen LogP contribution in [0.1, 0.15) is 57.2 Å². The quantitative estimate of drug-likeness (QED) is 0.412. The summed E-state index contributed by atoms with van der Waals surface area (Å²) in [5.74, 6) is 0.263. The molecule has 1 aromatic rings. The summed E-state index contributed by atoms with van der Waals surface area (Å²) in [6.45, 7) is 5.72. The van der Waals surface area contributed by atoms with Crippen molar-refractivity contribution in [1.82, 2.24) is 5.32 Å². The van der Waals surface area contributed by atoms with E-state index >= 15 is 0 Å². The Balaban J connectivity index is 1.33. The molecule has 0 aliphatic heterocycles. The number of hydrogen-bond acceptors (Lipinski definition) is 6. The molecule has 6 rings (SSSR count). The van der Waals surface area contributed by atoms with Crippen molar-refractivity contribution < 1.29 is 30.0 Å². The van der Waals surface area contributed by atoms with E-state index in [2.05, 4.69) is 25.2 Å². The third kappa shape index (κ3) is 3.03. The molecule has 2 bridgehead atoms. The molecule has 5 aliphatic rings. The highest BCUT2D eigenvalue weighted by Gasteiger charge is 2.74. The van der Waals surface area contributed by atoms with Gasteiger partial charge in [0.2, 0.25) is 0 Å². The van der Waals surface area contributed by atoms with E-state index in [0.29, 0.717) is 17.9 Å². The molecule has 9 atom stereocenters. The first-order valence-corrected chi connectivity index (χ1v) is 13.2. The summed E-state index contributed by atoms with van der Waals surface area (Å²) in [6, 6.07) is 7.80. The third-order valence-corrected chi connectivity index (χ3v) is 10.4. The summed E-state index contributed by atoms with van der Waals surface area (Å²) < 4.78 is 5.90. The van der Waals surface area contributed by atoms with Gasteiger partial charge in [-0.2, -0.15) is 0 Å². The zero-order valence-corrected chi connectivity index (χ0v) is 21.1. The predicted octanol–water partition coefficient (Wildman–Crippen LogP) is 2.78. The van der Waals surface area contributed by atoms with Crippen LogP contribution in [0.2, 0.25) is 0 Å². The van der Waals surface area contributed by atoms with Crippen LogP contribution in [0.3, 0.4) is 0 Å². The van der Waals surface area contributed by atoms with Crippen LogP contribution < -0.4 is 5.32 Å². The summed E-state index contributed by atoms with van der Waals surface area (Å²) >= 11 is 0. The Morgan fingerprint density at radius 3 is 2.69 bits per heavy atom. The van der Waals surface area contributed by atoms with Crippen LogP contribution in [-0.4, -0.2) is 57.0 Å². The Morgan fingerprint density at radius 2 is 1.94 bits per heavy atom. The van der Waals surface area contributed by atoms with Crippen LogP contribution in [0.15, 0.2) is 47.6 Å². The molecule has 2 saturated carbocycles. The fourth-order valence-electron chi connectivity index (χ4n) is 8.49. The number of aryl methyl sites for hydroxylation is 1. The van der Waals surface area contributed by atoms with Crippen LogP contribution in [-0.2, 0) is 11.2 Å². The summed E-state index contributed by atoms with van der Waals surface area (Å²) in [6.07, 6.45) is 2.21. The van der Waals surface area contributed by atoms with Crippen LogP contribution >= 0.6 is 0 Å². The maximum Gasteiger partial charge on any atom is 0.408 e. The number of carbonyl (C=O) groups is 1. The molecule has 1 amide bonds. The molecule has 1 aromatic carbocycles. The van der Waals surface area contributed by atoms with Gasteiger partial charge in [-0.15, -0.1) is 0 Å². The molecule has 0 aromatic heterocycles. The third-order valence-electron chi connectivity index (χ3n) is 10.4. The summed E-state index contributed by atoms with van der Waals surface area (Å²) in [7, 11) is 0. The lowest BCUT2D eigenvalue weighted by molar-refractivity contribution is -0.201. The molecule has 1 spiro atoms. The standard InChI is InChI=1S/C29H37NO6/c1-15-13-28-11-10-20-22(27(20,2)3)19(24(28)33)12-17(14-31)23(32)29(28,35)25(15)36-26(34)30-21-9-8-16-6-4-5-7-18(16)21/h4-7,12-13,19-25,31-33,35H,8-11,14H2,1-3H3,(H,30,34)/t19-,20+,21?,22-,23+,24?,25-,28?,29-/m0/s1. The molecule has 36 heavy (non-hydrogen) atoms. The van der Waals surface area contributed by atoms with E-state index in [1.165, 1.54) is 5.56 Å². The Morgan fingerprint density at radius 1 is 1.19 bits per heavy atom. The number of ether oxygens (including phenoxy) is 1. The Labute approximate surface area is 211 Å². The number of fused-ring (bicyclic) bond motifs is 4. The highest BCUT2D eigenvalue weighted by Crippen LogP contribution is 2.71. The molecule has 5 N–H and O–H groups in total. The summed E-state index contributed by atoms with van der Waals surface area (Å²) in [5.41, 5.74) is -0.00797. The van der Waals surface area contributed by atoms with E-state index in [0.717, 1.165) is 24.8 Å². The first-order valence-electron chi connectivity index (χ1n) is 13.2. The van der Waals surface area contributed by atoms with Gasteiger partial charge in [-0.3, -0.25) is 0 Å². The van der Waals surface area contributed by atoms with Crippen LogP contribution in [0.5, 0.6) is 0 Å². The predicted molar refractivity (Wildman–Crippen MR) is 133 cm³/mol. The van der Waals surface area contributed by atoms with Gasteiger partial charge in [0.05, 0.1) is 24.2 Å². The van der Waals surface area contributed by atoms with E-state index in [4.69, 9.17) is 4.74 Å². The van der Waals surface area contributed by atoms with Crippen molar-refractivity contribution in [1.29, 1.82) is 0 Å². The number of amides is 1. The zero-order valence-electron chi connectivity index (χ0n) is 21.1. The maximum atomic E-state index is 13.2. The monoisotopic (exact) mass is 495 g/mol. The average molecular weight is 496 g/mol. The van der Waals surface area contributed by atoms with Crippen molar-refractivity contribution in [2.45, 2.75) is 76.4 Å². The number of nitrogens with one attached hydrogen (secondary N) is 1. The van der Waals surface area contributed by atoms with Gasteiger partial charge in [0.25, 0.3) is 0 Å². The molecule has 2 fully saturated rings. The summed E-state index contributed by atoms with van der Waals surface area (Å²) in [5, 5.41) is 48.9. The molecule has 0 radical (unpaired) electrons. The SMILES string of the molecule is CC1=CC23CC[C@@H]4[C@H]([C@H](C=C(CO)[C@@H](O)[C@]2(O)[C@H]1OC(=O)NC1CCc2ccccc21)C3O)C4(C)C. The lowest BCUT2D eigenvalue weighted by Crippen LogP contribution is -2.65. The second-order valence-corrected chi connectivity index (χ2v) is 12.3. The molecule has 3 unspecified atom stereocenters. The molecule has 0 saturated heterocycles. The lowest BCUT2D eigenvalue weighted by Gasteiger charge is -2.49. The molecule has 7 nitrogen and oxygen atoms in total. The minimum atomic E-state index is -1.99. The first kappa shape index (κ1) is 24.2. The number of aliphatic hydroxyl groups is 4. The van der Waals surface area contributed by atoms with Gasteiger partial charge < -0.3 is 30.5 Å². The highest BCUT2D eigenvalue weighted by atomic mass is 16.6. The van der Waals surface area contributed by atoms with Crippen molar-refractivity contribution in [2.24, 2.45) is 28.6 Å². The Bertz CT molecular complexity index is 1160. The average Bonchev–Trinajstić information content (AvgIpc) is 3.13. The van der Waals surface area contributed by atoms with Crippen molar-refractivity contribution in [3.8, 4) is 0 Å².